The number of anilines is 1. The molecule has 0 radical (unpaired) electrons. The third kappa shape index (κ3) is 3.12. The van der Waals surface area contributed by atoms with Crippen LogP contribution >= 0.6 is 22.9 Å². The monoisotopic (exact) mass is 279 g/mol. The van der Waals surface area contributed by atoms with Crippen LogP contribution in [0.5, 0.6) is 0 Å². The van der Waals surface area contributed by atoms with Gasteiger partial charge in [-0.15, -0.1) is 22.9 Å². The molecule has 2 aromatic rings. The number of thiophene rings is 1. The zero-order chi connectivity index (χ0) is 13.0. The van der Waals surface area contributed by atoms with Crippen LogP contribution in [0.25, 0.3) is 0 Å². The molecule has 0 bridgehead atoms. The fourth-order valence-electron chi connectivity index (χ4n) is 1.66. The van der Waals surface area contributed by atoms with Gasteiger partial charge in [-0.1, -0.05) is 12.1 Å². The number of benzene rings is 1. The molecule has 94 valence electrons. The van der Waals surface area contributed by atoms with Crippen LogP contribution in [-0.2, 0) is 6.42 Å². The van der Waals surface area contributed by atoms with Crippen molar-refractivity contribution >= 4 is 34.5 Å². The SMILES string of the molecule is Cc1ccsc1C(=O)Nc1ccc(CCCl)cc1. The number of halogens is 1. The predicted octanol–water partition coefficient (Wildman–Crippen LogP) is 4.09. The number of hydrogen-bond donors (Lipinski definition) is 1. The van der Waals surface area contributed by atoms with E-state index in [2.05, 4.69) is 5.32 Å². The maximum absolute atomic E-state index is 12.0. The number of aryl methyl sites for hydroxylation is 2. The van der Waals surface area contributed by atoms with Gasteiger partial charge < -0.3 is 5.32 Å². The maximum Gasteiger partial charge on any atom is 0.265 e. The second kappa shape index (κ2) is 6.03. The minimum atomic E-state index is -0.0485. The minimum absolute atomic E-state index is 0.0485. The molecule has 1 aromatic carbocycles. The van der Waals surface area contributed by atoms with Crippen LogP contribution in [0.4, 0.5) is 5.69 Å². The summed E-state index contributed by atoms with van der Waals surface area (Å²) in [5, 5.41) is 4.82. The van der Waals surface area contributed by atoms with Crippen LogP contribution in [0.15, 0.2) is 35.7 Å². The fraction of sp³-hybridized carbons (Fsp3) is 0.214. The molecule has 2 nitrogen and oxygen atoms in total. The molecule has 1 aromatic heterocycles. The van der Waals surface area contributed by atoms with Crippen LogP contribution in [0.2, 0.25) is 0 Å². The van der Waals surface area contributed by atoms with Crippen molar-refractivity contribution in [3.63, 3.8) is 0 Å². The highest BCUT2D eigenvalue weighted by molar-refractivity contribution is 7.12. The van der Waals surface area contributed by atoms with Gasteiger partial charge in [-0.25, -0.2) is 0 Å². The van der Waals surface area contributed by atoms with Gasteiger partial charge in [0.05, 0.1) is 4.88 Å². The summed E-state index contributed by atoms with van der Waals surface area (Å²) in [6, 6.07) is 9.73. The van der Waals surface area contributed by atoms with Gasteiger partial charge in [-0.2, -0.15) is 0 Å². The van der Waals surface area contributed by atoms with Crippen LogP contribution < -0.4 is 5.32 Å². The Morgan fingerprint density at radius 3 is 2.56 bits per heavy atom. The summed E-state index contributed by atoms with van der Waals surface area (Å²) in [4.78, 5) is 12.7. The van der Waals surface area contributed by atoms with Crippen molar-refractivity contribution in [3.05, 3.63) is 51.7 Å². The van der Waals surface area contributed by atoms with Crippen molar-refractivity contribution in [1.82, 2.24) is 0 Å². The molecule has 4 heteroatoms. The maximum atomic E-state index is 12.0. The van der Waals surface area contributed by atoms with Crippen molar-refractivity contribution < 1.29 is 4.79 Å². The molecule has 0 spiro atoms. The molecule has 0 fully saturated rings. The quantitative estimate of drug-likeness (QED) is 0.839. The van der Waals surface area contributed by atoms with Gasteiger partial charge in [0.15, 0.2) is 0 Å². The first-order valence-electron chi connectivity index (χ1n) is 5.71. The van der Waals surface area contributed by atoms with Crippen LogP contribution in [0.3, 0.4) is 0 Å². The largest absolute Gasteiger partial charge is 0.321 e. The molecule has 0 aliphatic heterocycles. The Kier molecular flexibility index (Phi) is 4.39. The first-order valence-corrected chi connectivity index (χ1v) is 7.12. The topological polar surface area (TPSA) is 29.1 Å². The highest BCUT2D eigenvalue weighted by Gasteiger charge is 2.10. The first kappa shape index (κ1) is 13.1. The molecule has 0 aliphatic carbocycles. The standard InChI is InChI=1S/C14H14ClNOS/c1-10-7-9-18-13(10)14(17)16-12-4-2-11(3-5-12)6-8-15/h2-5,7,9H,6,8H2,1H3,(H,16,17). The lowest BCUT2D eigenvalue weighted by molar-refractivity contribution is 0.103. The lowest BCUT2D eigenvalue weighted by atomic mass is 10.1. The molecule has 0 saturated carbocycles. The zero-order valence-electron chi connectivity index (χ0n) is 10.1. The predicted molar refractivity (Wildman–Crippen MR) is 77.9 cm³/mol. The number of amides is 1. The molecule has 0 saturated heterocycles. The second-order valence-corrected chi connectivity index (χ2v) is 5.32. The third-order valence-electron chi connectivity index (χ3n) is 2.66. The average Bonchev–Trinajstić information content (AvgIpc) is 2.78. The molecular formula is C14H14ClNOS. The van der Waals surface area contributed by atoms with Crippen molar-refractivity contribution in [2.24, 2.45) is 0 Å². The summed E-state index contributed by atoms with van der Waals surface area (Å²) < 4.78 is 0. The Bertz CT molecular complexity index is 533. The van der Waals surface area contributed by atoms with Gasteiger partial charge >= 0.3 is 0 Å². The van der Waals surface area contributed by atoms with Crippen LogP contribution in [-0.4, -0.2) is 11.8 Å². The van der Waals surface area contributed by atoms with Gasteiger partial charge in [0, 0.05) is 11.6 Å². The van der Waals surface area contributed by atoms with E-state index in [1.807, 2.05) is 42.6 Å². The summed E-state index contributed by atoms with van der Waals surface area (Å²) >= 11 is 7.14. The molecule has 0 atom stereocenters. The van der Waals surface area contributed by atoms with Gasteiger partial charge in [-0.05, 0) is 48.1 Å². The highest BCUT2D eigenvalue weighted by Crippen LogP contribution is 2.18. The van der Waals surface area contributed by atoms with E-state index in [1.54, 1.807) is 0 Å². The van der Waals surface area contributed by atoms with Crippen molar-refractivity contribution in [2.75, 3.05) is 11.2 Å². The van der Waals surface area contributed by atoms with Crippen LogP contribution in [0, 0.1) is 6.92 Å². The molecule has 18 heavy (non-hydrogen) atoms. The number of hydrogen-bond acceptors (Lipinski definition) is 2. The lowest BCUT2D eigenvalue weighted by Crippen LogP contribution is -2.11. The van der Waals surface area contributed by atoms with E-state index in [4.69, 9.17) is 11.6 Å². The van der Waals surface area contributed by atoms with E-state index < -0.39 is 0 Å². The Morgan fingerprint density at radius 2 is 2.00 bits per heavy atom. The Labute approximate surface area is 116 Å². The number of rotatable bonds is 4. The summed E-state index contributed by atoms with van der Waals surface area (Å²) in [5.41, 5.74) is 3.00. The normalized spacial score (nSPS) is 10.3. The Balaban J connectivity index is 2.05. The van der Waals surface area contributed by atoms with Gasteiger partial charge in [0.2, 0.25) is 0 Å². The van der Waals surface area contributed by atoms with E-state index in [0.29, 0.717) is 5.88 Å². The van der Waals surface area contributed by atoms with Crippen molar-refractivity contribution in [2.45, 2.75) is 13.3 Å². The van der Waals surface area contributed by atoms with Crippen molar-refractivity contribution in [3.8, 4) is 0 Å². The third-order valence-corrected chi connectivity index (χ3v) is 3.87. The van der Waals surface area contributed by atoms with Gasteiger partial charge in [0.25, 0.3) is 5.91 Å². The van der Waals surface area contributed by atoms with E-state index in [0.717, 1.165) is 22.5 Å². The number of carbonyl (C=O) groups excluding carboxylic acids is 1. The Hall–Kier alpha value is -1.32. The molecule has 1 N–H and O–H groups in total. The number of carbonyl (C=O) groups is 1. The molecule has 1 amide bonds. The van der Waals surface area contributed by atoms with E-state index in [1.165, 1.54) is 16.9 Å². The van der Waals surface area contributed by atoms with Crippen molar-refractivity contribution in [1.29, 1.82) is 0 Å². The average molecular weight is 280 g/mol. The van der Waals surface area contributed by atoms with Gasteiger partial charge in [0.1, 0.15) is 0 Å². The molecule has 1 heterocycles. The van der Waals surface area contributed by atoms with E-state index >= 15 is 0 Å². The van der Waals surface area contributed by atoms with Crippen LogP contribution in [0.1, 0.15) is 20.8 Å². The lowest BCUT2D eigenvalue weighted by Gasteiger charge is -2.05. The minimum Gasteiger partial charge on any atom is -0.321 e. The smallest absolute Gasteiger partial charge is 0.265 e. The summed E-state index contributed by atoms with van der Waals surface area (Å²) in [6.07, 6.45) is 0.847. The highest BCUT2D eigenvalue weighted by atomic mass is 35.5. The molecule has 0 unspecified atom stereocenters. The summed E-state index contributed by atoms with van der Waals surface area (Å²) in [7, 11) is 0. The van der Waals surface area contributed by atoms with E-state index in [-0.39, 0.29) is 5.91 Å². The first-order chi connectivity index (χ1) is 8.70. The molecular weight excluding hydrogens is 266 g/mol. The summed E-state index contributed by atoms with van der Waals surface area (Å²) in [5.74, 6) is 0.563. The number of alkyl halides is 1. The molecule has 2 rings (SSSR count). The Morgan fingerprint density at radius 1 is 1.28 bits per heavy atom. The van der Waals surface area contributed by atoms with Gasteiger partial charge in [-0.3, -0.25) is 4.79 Å². The number of nitrogens with one attached hydrogen (secondary N) is 1. The summed E-state index contributed by atoms with van der Waals surface area (Å²) in [6.45, 7) is 1.94. The van der Waals surface area contributed by atoms with E-state index in [9.17, 15) is 4.79 Å². The fourth-order valence-corrected chi connectivity index (χ4v) is 2.70. The zero-order valence-corrected chi connectivity index (χ0v) is 11.6. The second-order valence-electron chi connectivity index (χ2n) is 4.02. The molecule has 0 aliphatic rings.